The third kappa shape index (κ3) is 10.4. The molecule has 0 atom stereocenters. The molecule has 19 aromatic rings. The summed E-state index contributed by atoms with van der Waals surface area (Å²) >= 11 is 0. The van der Waals surface area contributed by atoms with Crippen molar-refractivity contribution in [2.75, 3.05) is 14.7 Å². The van der Waals surface area contributed by atoms with Gasteiger partial charge in [0.1, 0.15) is 0 Å². The van der Waals surface area contributed by atoms with Crippen molar-refractivity contribution in [3.63, 3.8) is 0 Å². The molecule has 21 rings (SSSR count). The highest BCUT2D eigenvalue weighted by atomic mass is 15.2. The lowest BCUT2D eigenvalue weighted by atomic mass is 9.33. The summed E-state index contributed by atoms with van der Waals surface area (Å²) < 4.78 is 0. The maximum absolute atomic E-state index is 2.68. The Bertz CT molecular complexity index is 6410. The van der Waals surface area contributed by atoms with Crippen molar-refractivity contribution in [2.45, 2.75) is 0 Å². The molecule has 0 N–H and O–H groups in total. The van der Waals surface area contributed by atoms with Crippen molar-refractivity contribution < 1.29 is 0 Å². The minimum absolute atomic E-state index is 0.312. The zero-order chi connectivity index (χ0) is 71.2. The van der Waals surface area contributed by atoms with Crippen molar-refractivity contribution in [3.05, 3.63) is 413 Å². The summed E-state index contributed by atoms with van der Waals surface area (Å²) in [5.74, 6) is 0. The van der Waals surface area contributed by atoms with E-state index in [-0.39, 0.29) is 6.71 Å². The minimum atomic E-state index is -0.312. The van der Waals surface area contributed by atoms with Crippen LogP contribution in [0.1, 0.15) is 0 Å². The molecule has 0 fully saturated rings. The molecule has 19 aromatic carbocycles. The smallest absolute Gasteiger partial charge is 0.252 e. The number of nitrogens with zero attached hydrogens (tertiary/aromatic N) is 3. The van der Waals surface area contributed by atoms with Crippen LogP contribution in [0.4, 0.5) is 51.2 Å². The normalized spacial score (nSPS) is 12.2. The molecule has 0 bridgehead atoms. The molecule has 0 unspecified atom stereocenters. The van der Waals surface area contributed by atoms with Crippen LogP contribution in [0.15, 0.2) is 413 Å². The van der Waals surface area contributed by atoms with E-state index in [1.807, 2.05) is 0 Å². The molecule has 2 heterocycles. The first kappa shape index (κ1) is 62.5. The van der Waals surface area contributed by atoms with Crippen LogP contribution in [0.2, 0.25) is 0 Å². The van der Waals surface area contributed by atoms with Gasteiger partial charge in [-0.3, -0.25) is 0 Å². The Hall–Kier alpha value is -14.1. The largest absolute Gasteiger partial charge is 0.310 e. The van der Waals surface area contributed by atoms with Gasteiger partial charge in [-0.2, -0.15) is 0 Å². The molecule has 0 saturated heterocycles. The van der Waals surface area contributed by atoms with E-state index in [4.69, 9.17) is 0 Å². The van der Waals surface area contributed by atoms with E-state index in [9.17, 15) is 0 Å². The van der Waals surface area contributed by atoms with Crippen LogP contribution in [0.3, 0.4) is 0 Å². The second kappa shape index (κ2) is 26.0. The standard InChI is InChI=1S/C104H68BN3/c1-8-27-69(28-9-1)72-51-57-83(58-52-72)106(84-59-53-73(54-60-84)70-29-10-2-11-30-70)85-67-98-102-99(68-85)108(104-88(76-37-18-6-19-38-76)46-26-47-89(104)77-39-20-7-21-40-77)97-62-56-80(82-63-81-43-24-49-91-90-48-22-41-78-42-23-50-92(100(78)90)93(64-82)101(81)91)66-95(97)105(102)94-65-79(71-31-12-3-13-32-71)55-61-96(94)107(98)103-86(74-33-14-4-15-34-74)44-25-45-87(103)75-35-16-5-17-36-75/h1-68H. The van der Waals surface area contributed by atoms with Gasteiger partial charge in [-0.1, -0.05) is 352 Å². The van der Waals surface area contributed by atoms with Gasteiger partial charge in [0, 0.05) is 56.4 Å². The van der Waals surface area contributed by atoms with Crippen molar-refractivity contribution >= 4 is 117 Å². The first-order chi connectivity index (χ1) is 53.6. The lowest BCUT2D eigenvalue weighted by molar-refractivity contribution is 1.23. The number of fused-ring (bicyclic) bond motifs is 6. The van der Waals surface area contributed by atoms with Crippen LogP contribution < -0.4 is 31.1 Å². The number of benzene rings is 19. The number of hydrogen-bond acceptors (Lipinski definition) is 3. The predicted molar refractivity (Wildman–Crippen MR) is 460 cm³/mol. The van der Waals surface area contributed by atoms with Gasteiger partial charge < -0.3 is 14.7 Å². The highest BCUT2D eigenvalue weighted by Gasteiger charge is 2.46. The van der Waals surface area contributed by atoms with Gasteiger partial charge in [0.25, 0.3) is 6.71 Å². The highest BCUT2D eigenvalue weighted by molar-refractivity contribution is 7.00. The molecule has 2 aliphatic heterocycles. The van der Waals surface area contributed by atoms with Gasteiger partial charge in [-0.05, 0) is 187 Å². The SMILES string of the molecule is c1ccc(-c2ccc(N(c3ccc(-c4ccccc4)cc3)c3cc4c5c(c3)N(c3c(-c6ccccc6)cccc3-c3ccccc3)c3ccc(-c6cc7cccc8c9cccc%10cccc(c(c6)c78)c%109)cc3B5c3cc(-c5ccccc5)ccc3N4c3c(-c4ccccc4)cccc3-c3ccccc3)cc2)cc1. The first-order valence-electron chi connectivity index (χ1n) is 37.4. The molecule has 0 spiro atoms. The summed E-state index contributed by atoms with van der Waals surface area (Å²) in [6.07, 6.45) is 0. The fraction of sp³-hybridized carbons (Fsp3) is 0. The molecule has 4 heteroatoms. The Balaban J connectivity index is 0.921. The quantitative estimate of drug-likeness (QED) is 0.0647. The van der Waals surface area contributed by atoms with Gasteiger partial charge in [0.05, 0.1) is 17.1 Å². The third-order valence-corrected chi connectivity index (χ3v) is 22.5. The topological polar surface area (TPSA) is 9.72 Å². The second-order valence-electron chi connectivity index (χ2n) is 28.6. The fourth-order valence-corrected chi connectivity index (χ4v) is 17.7. The van der Waals surface area contributed by atoms with Gasteiger partial charge in [-0.25, -0.2) is 0 Å². The Morgan fingerprint density at radius 1 is 0.194 bits per heavy atom. The molecule has 0 radical (unpaired) electrons. The van der Waals surface area contributed by atoms with Crippen molar-refractivity contribution in [1.29, 1.82) is 0 Å². The summed E-state index contributed by atoms with van der Waals surface area (Å²) in [4.78, 5) is 7.84. The van der Waals surface area contributed by atoms with E-state index in [1.165, 1.54) is 76.2 Å². The summed E-state index contributed by atoms with van der Waals surface area (Å²) in [6, 6.07) is 154. The van der Waals surface area contributed by atoms with Crippen LogP contribution >= 0.6 is 0 Å². The van der Waals surface area contributed by atoms with E-state index in [1.54, 1.807) is 0 Å². The van der Waals surface area contributed by atoms with Crippen LogP contribution in [-0.4, -0.2) is 6.71 Å². The van der Waals surface area contributed by atoms with Crippen LogP contribution in [0.5, 0.6) is 0 Å². The molecule has 3 nitrogen and oxygen atoms in total. The average molecular weight is 1370 g/mol. The number of para-hydroxylation sites is 2. The molecule has 0 saturated carbocycles. The molecular weight excluding hydrogens is 1300 g/mol. The van der Waals surface area contributed by atoms with Crippen molar-refractivity contribution in [2.24, 2.45) is 0 Å². The number of rotatable bonds is 13. The van der Waals surface area contributed by atoms with E-state index in [0.717, 1.165) is 124 Å². The Kier molecular flexibility index (Phi) is 15.0. The Morgan fingerprint density at radius 2 is 0.509 bits per heavy atom. The molecule has 108 heavy (non-hydrogen) atoms. The van der Waals surface area contributed by atoms with Gasteiger partial charge in [-0.15, -0.1) is 0 Å². The first-order valence-corrected chi connectivity index (χ1v) is 37.4. The van der Waals surface area contributed by atoms with Gasteiger partial charge in [0.15, 0.2) is 0 Å². The molecule has 0 aromatic heterocycles. The second-order valence-corrected chi connectivity index (χ2v) is 28.6. The van der Waals surface area contributed by atoms with E-state index in [0.29, 0.717) is 0 Å². The summed E-state index contributed by atoms with van der Waals surface area (Å²) in [6.45, 7) is -0.312. The van der Waals surface area contributed by atoms with E-state index in [2.05, 4.69) is 427 Å². The monoisotopic (exact) mass is 1370 g/mol. The summed E-state index contributed by atoms with van der Waals surface area (Å²) in [5, 5.41) is 10.2. The van der Waals surface area contributed by atoms with Crippen LogP contribution in [0.25, 0.3) is 132 Å². The van der Waals surface area contributed by atoms with E-state index < -0.39 is 0 Å². The van der Waals surface area contributed by atoms with Crippen molar-refractivity contribution in [3.8, 4) is 89.0 Å². The summed E-state index contributed by atoms with van der Waals surface area (Å²) in [7, 11) is 0. The third-order valence-electron chi connectivity index (χ3n) is 22.5. The van der Waals surface area contributed by atoms with E-state index >= 15 is 0 Å². The zero-order valence-electron chi connectivity index (χ0n) is 59.2. The maximum Gasteiger partial charge on any atom is 0.252 e. The lowest BCUT2D eigenvalue weighted by Crippen LogP contribution is -2.61. The number of hydrogen-bond donors (Lipinski definition) is 0. The van der Waals surface area contributed by atoms with Gasteiger partial charge in [0.2, 0.25) is 0 Å². The molecule has 2 aliphatic rings. The average Bonchev–Trinajstić information content (AvgIpc) is 0.687. The highest BCUT2D eigenvalue weighted by Crippen LogP contribution is 2.56. The molecule has 0 amide bonds. The fourth-order valence-electron chi connectivity index (χ4n) is 17.7. The lowest BCUT2D eigenvalue weighted by Gasteiger charge is -2.46. The van der Waals surface area contributed by atoms with Crippen molar-refractivity contribution in [1.82, 2.24) is 0 Å². The van der Waals surface area contributed by atoms with Crippen LogP contribution in [0, 0.1) is 0 Å². The predicted octanol–water partition coefficient (Wildman–Crippen LogP) is 26.6. The Labute approximate surface area is 629 Å². The van der Waals surface area contributed by atoms with Crippen LogP contribution in [-0.2, 0) is 0 Å². The minimum Gasteiger partial charge on any atom is -0.310 e. The summed E-state index contributed by atoms with van der Waals surface area (Å²) in [5.41, 5.74) is 31.5. The van der Waals surface area contributed by atoms with Gasteiger partial charge >= 0.3 is 0 Å². The number of anilines is 9. The molecule has 0 aliphatic carbocycles. The molecular formula is C104H68BN3. The zero-order valence-corrected chi connectivity index (χ0v) is 59.2. The Morgan fingerprint density at radius 3 is 0.907 bits per heavy atom. The molecule has 502 valence electrons. The maximum atomic E-state index is 2.68.